The van der Waals surface area contributed by atoms with Crippen LogP contribution in [0, 0.1) is 5.82 Å². The molecule has 0 bridgehead atoms. The molecular weight excluding hydrogens is 366 g/mol. The van der Waals surface area contributed by atoms with E-state index in [1.54, 1.807) is 0 Å². The predicted octanol–water partition coefficient (Wildman–Crippen LogP) is 1.81. The molecule has 1 unspecified atom stereocenters. The number of nitrogens with one attached hydrogen (secondary N) is 2. The van der Waals surface area contributed by atoms with Crippen molar-refractivity contribution in [2.24, 2.45) is 0 Å². The van der Waals surface area contributed by atoms with Gasteiger partial charge in [-0.2, -0.15) is 13.2 Å². The van der Waals surface area contributed by atoms with Crippen molar-refractivity contribution in [3.8, 4) is 5.75 Å². The largest absolute Gasteiger partial charge is 0.482 e. The molecule has 0 saturated carbocycles. The molecule has 1 aromatic carbocycles. The van der Waals surface area contributed by atoms with Gasteiger partial charge in [0.1, 0.15) is 17.6 Å². The highest BCUT2D eigenvalue weighted by Gasteiger charge is 2.43. The summed E-state index contributed by atoms with van der Waals surface area (Å²) < 4.78 is 57.6. The first-order valence-electron chi connectivity index (χ1n) is 7.63. The van der Waals surface area contributed by atoms with Crippen molar-refractivity contribution in [3.05, 3.63) is 29.0 Å². The van der Waals surface area contributed by atoms with Crippen molar-refractivity contribution in [3.63, 3.8) is 0 Å². The van der Waals surface area contributed by atoms with Gasteiger partial charge in [-0.1, -0.05) is 11.6 Å². The van der Waals surface area contributed by atoms with Crippen LogP contribution in [-0.4, -0.2) is 62.4 Å². The van der Waals surface area contributed by atoms with E-state index in [0.717, 1.165) is 12.1 Å². The van der Waals surface area contributed by atoms with Crippen molar-refractivity contribution < 1.29 is 27.1 Å². The number of nitrogens with zero attached hydrogens (tertiary/aromatic N) is 1. The Morgan fingerprint density at radius 2 is 2.04 bits per heavy atom. The molecule has 1 atom stereocenters. The second-order valence-electron chi connectivity index (χ2n) is 5.51. The number of alkyl halides is 3. The number of amides is 1. The SMILES string of the molecule is O=C(COc1ccc(F)cc1Cl)NCC(N1CCNCC1)C(F)(F)F. The lowest BCUT2D eigenvalue weighted by Crippen LogP contribution is -2.57. The molecule has 0 spiro atoms. The van der Waals surface area contributed by atoms with Crippen LogP contribution < -0.4 is 15.4 Å². The Balaban J connectivity index is 1.85. The summed E-state index contributed by atoms with van der Waals surface area (Å²) in [6, 6.07) is 1.60. The first-order valence-corrected chi connectivity index (χ1v) is 8.01. The maximum Gasteiger partial charge on any atom is 0.405 e. The zero-order valence-corrected chi connectivity index (χ0v) is 14.0. The Bertz CT molecular complexity index is 595. The van der Waals surface area contributed by atoms with Gasteiger partial charge < -0.3 is 15.4 Å². The minimum atomic E-state index is -4.45. The number of carbonyl (C=O) groups excluding carboxylic acids is 1. The lowest BCUT2D eigenvalue weighted by atomic mass is 10.2. The molecule has 140 valence electrons. The van der Waals surface area contributed by atoms with Crippen molar-refractivity contribution >= 4 is 17.5 Å². The standard InChI is InChI=1S/C15H18ClF4N3O2/c16-11-7-10(17)1-2-12(11)25-9-14(24)22-8-13(15(18,19)20)23-5-3-21-4-6-23/h1-2,7,13,21H,3-6,8-9H2,(H,22,24). The van der Waals surface area contributed by atoms with Gasteiger partial charge in [-0.3, -0.25) is 9.69 Å². The van der Waals surface area contributed by atoms with E-state index in [-0.39, 0.29) is 23.9 Å². The zero-order chi connectivity index (χ0) is 18.4. The summed E-state index contributed by atoms with van der Waals surface area (Å²) in [5.41, 5.74) is 0. The van der Waals surface area contributed by atoms with Gasteiger partial charge in [0.05, 0.1) is 5.02 Å². The van der Waals surface area contributed by atoms with E-state index in [4.69, 9.17) is 16.3 Å². The van der Waals surface area contributed by atoms with E-state index in [1.807, 2.05) is 0 Å². The molecule has 0 aliphatic carbocycles. The predicted molar refractivity (Wildman–Crippen MR) is 84.2 cm³/mol. The number of hydrogen-bond acceptors (Lipinski definition) is 4. The summed E-state index contributed by atoms with van der Waals surface area (Å²) in [6.07, 6.45) is -4.45. The van der Waals surface area contributed by atoms with E-state index in [9.17, 15) is 22.4 Å². The average Bonchev–Trinajstić information content (AvgIpc) is 2.54. The van der Waals surface area contributed by atoms with Crippen LogP contribution in [0.25, 0.3) is 0 Å². The van der Waals surface area contributed by atoms with Crippen LogP contribution in [0.15, 0.2) is 18.2 Å². The highest BCUT2D eigenvalue weighted by Crippen LogP contribution is 2.25. The van der Waals surface area contributed by atoms with E-state index in [0.29, 0.717) is 13.1 Å². The summed E-state index contributed by atoms with van der Waals surface area (Å²) in [7, 11) is 0. The fourth-order valence-corrected chi connectivity index (χ4v) is 2.66. The van der Waals surface area contributed by atoms with Crippen LogP contribution in [0.1, 0.15) is 0 Å². The third kappa shape index (κ3) is 6.02. The number of halogens is 5. The van der Waals surface area contributed by atoms with Crippen molar-refractivity contribution in [2.45, 2.75) is 12.2 Å². The van der Waals surface area contributed by atoms with Gasteiger partial charge in [0.15, 0.2) is 6.61 Å². The molecule has 2 N–H and O–H groups in total. The molecule has 2 rings (SSSR count). The van der Waals surface area contributed by atoms with Crippen LogP contribution in [-0.2, 0) is 4.79 Å². The zero-order valence-electron chi connectivity index (χ0n) is 13.2. The maximum atomic E-state index is 13.2. The van der Waals surface area contributed by atoms with Gasteiger partial charge in [0.2, 0.25) is 0 Å². The number of ether oxygens (including phenoxy) is 1. The number of piperazine rings is 1. The Hall–Kier alpha value is -1.58. The molecule has 1 amide bonds. The molecular formula is C15H18ClF4N3O2. The van der Waals surface area contributed by atoms with Crippen LogP contribution >= 0.6 is 11.6 Å². The van der Waals surface area contributed by atoms with Crippen LogP contribution in [0.5, 0.6) is 5.75 Å². The van der Waals surface area contributed by atoms with Gasteiger partial charge in [-0.05, 0) is 18.2 Å². The van der Waals surface area contributed by atoms with Crippen molar-refractivity contribution in [2.75, 3.05) is 39.3 Å². The first kappa shape index (κ1) is 19.7. The fraction of sp³-hybridized carbons (Fsp3) is 0.533. The maximum absolute atomic E-state index is 13.2. The Morgan fingerprint density at radius 3 is 2.64 bits per heavy atom. The van der Waals surface area contributed by atoms with Gasteiger partial charge >= 0.3 is 6.18 Å². The molecule has 1 saturated heterocycles. The summed E-state index contributed by atoms with van der Waals surface area (Å²) in [4.78, 5) is 13.0. The van der Waals surface area contributed by atoms with E-state index >= 15 is 0 Å². The molecule has 1 heterocycles. The minimum absolute atomic E-state index is 0.0261. The topological polar surface area (TPSA) is 53.6 Å². The molecule has 5 nitrogen and oxygen atoms in total. The van der Waals surface area contributed by atoms with Gasteiger partial charge in [0, 0.05) is 32.7 Å². The fourth-order valence-electron chi connectivity index (χ4n) is 2.44. The van der Waals surface area contributed by atoms with E-state index in [2.05, 4.69) is 10.6 Å². The Kier molecular flexibility index (Phi) is 6.86. The average molecular weight is 384 g/mol. The first-order chi connectivity index (χ1) is 11.8. The highest BCUT2D eigenvalue weighted by molar-refractivity contribution is 6.32. The number of rotatable bonds is 6. The number of benzene rings is 1. The molecule has 1 aromatic rings. The normalized spacial score (nSPS) is 17.2. The van der Waals surface area contributed by atoms with Crippen LogP contribution in [0.2, 0.25) is 5.02 Å². The summed E-state index contributed by atoms with van der Waals surface area (Å²) in [6.45, 7) is 0.350. The molecule has 1 aliphatic rings. The summed E-state index contributed by atoms with van der Waals surface area (Å²) >= 11 is 5.74. The Morgan fingerprint density at radius 1 is 1.36 bits per heavy atom. The molecule has 1 aliphatic heterocycles. The number of hydrogen-bond donors (Lipinski definition) is 2. The van der Waals surface area contributed by atoms with Crippen molar-refractivity contribution in [1.82, 2.24) is 15.5 Å². The highest BCUT2D eigenvalue weighted by atomic mass is 35.5. The molecule has 0 aromatic heterocycles. The number of carbonyl (C=O) groups is 1. The van der Waals surface area contributed by atoms with Crippen LogP contribution in [0.3, 0.4) is 0 Å². The minimum Gasteiger partial charge on any atom is -0.482 e. The van der Waals surface area contributed by atoms with Gasteiger partial charge in [0.25, 0.3) is 5.91 Å². The second-order valence-corrected chi connectivity index (χ2v) is 5.92. The molecule has 25 heavy (non-hydrogen) atoms. The summed E-state index contributed by atoms with van der Waals surface area (Å²) in [5, 5.41) is 5.18. The van der Waals surface area contributed by atoms with Crippen LogP contribution in [0.4, 0.5) is 17.6 Å². The van der Waals surface area contributed by atoms with E-state index in [1.165, 1.54) is 11.0 Å². The summed E-state index contributed by atoms with van der Waals surface area (Å²) in [5.74, 6) is -1.21. The lowest BCUT2D eigenvalue weighted by Gasteiger charge is -2.35. The van der Waals surface area contributed by atoms with Gasteiger partial charge in [-0.25, -0.2) is 4.39 Å². The van der Waals surface area contributed by atoms with Crippen molar-refractivity contribution in [1.29, 1.82) is 0 Å². The smallest absolute Gasteiger partial charge is 0.405 e. The Labute approximate surface area is 147 Å². The quantitative estimate of drug-likeness (QED) is 0.736. The molecule has 0 radical (unpaired) electrons. The molecule has 1 fully saturated rings. The lowest BCUT2D eigenvalue weighted by molar-refractivity contribution is -0.184. The van der Waals surface area contributed by atoms with Gasteiger partial charge in [-0.15, -0.1) is 0 Å². The molecule has 10 heteroatoms. The third-order valence-corrected chi connectivity index (χ3v) is 4.01. The van der Waals surface area contributed by atoms with E-state index < -0.39 is 37.1 Å². The second kappa shape index (κ2) is 8.68. The third-order valence-electron chi connectivity index (χ3n) is 3.72. The monoisotopic (exact) mass is 383 g/mol.